The van der Waals surface area contributed by atoms with Gasteiger partial charge in [0.2, 0.25) is 0 Å². The molecule has 0 atom stereocenters. The highest BCUT2D eigenvalue weighted by Gasteiger charge is 2.12. The fourth-order valence-electron chi connectivity index (χ4n) is 2.44. The van der Waals surface area contributed by atoms with Crippen LogP contribution in [0.4, 0.5) is 5.82 Å². The summed E-state index contributed by atoms with van der Waals surface area (Å²) < 4.78 is 0. The van der Waals surface area contributed by atoms with Crippen LogP contribution in [0.3, 0.4) is 0 Å². The molecule has 1 N–H and O–H groups in total. The smallest absolute Gasteiger partial charge is 0.135 e. The van der Waals surface area contributed by atoms with Crippen LogP contribution in [-0.4, -0.2) is 16.5 Å². The van der Waals surface area contributed by atoms with Crippen molar-refractivity contribution in [3.05, 3.63) is 53.9 Å². The first-order valence-corrected chi connectivity index (χ1v) is 7.76. The minimum atomic E-state index is 0.539. The maximum absolute atomic E-state index is 6.44. The minimum Gasteiger partial charge on any atom is -0.369 e. The molecule has 0 aliphatic heterocycles. The molecule has 0 radical (unpaired) electrons. The van der Waals surface area contributed by atoms with Crippen LogP contribution in [0.2, 0.25) is 5.02 Å². The zero-order valence-electron chi connectivity index (χ0n) is 12.7. The Labute approximate surface area is 135 Å². The van der Waals surface area contributed by atoms with Gasteiger partial charge >= 0.3 is 0 Å². The van der Waals surface area contributed by atoms with Crippen LogP contribution in [-0.2, 0) is 0 Å². The molecule has 3 aromatic rings. The number of anilines is 1. The molecule has 0 fully saturated rings. The second-order valence-electron chi connectivity index (χ2n) is 5.70. The Kier molecular flexibility index (Phi) is 4.25. The number of benzene rings is 1. The predicted octanol–water partition coefficient (Wildman–Crippen LogP) is 5.02. The van der Waals surface area contributed by atoms with Crippen molar-refractivity contribution in [2.75, 3.05) is 11.9 Å². The van der Waals surface area contributed by atoms with E-state index in [4.69, 9.17) is 11.6 Å². The molecule has 1 aromatic carbocycles. The summed E-state index contributed by atoms with van der Waals surface area (Å²) in [6.07, 6.45) is 5.50. The van der Waals surface area contributed by atoms with Crippen molar-refractivity contribution in [3.8, 4) is 11.1 Å². The lowest BCUT2D eigenvalue weighted by atomic mass is 10.0. The van der Waals surface area contributed by atoms with Gasteiger partial charge in [-0.1, -0.05) is 43.6 Å². The maximum Gasteiger partial charge on any atom is 0.135 e. The van der Waals surface area contributed by atoms with Crippen LogP contribution in [0.15, 0.2) is 48.9 Å². The normalized spacial score (nSPS) is 11.1. The van der Waals surface area contributed by atoms with Gasteiger partial charge in [-0.05, 0) is 23.4 Å². The highest BCUT2D eigenvalue weighted by molar-refractivity contribution is 6.37. The molecule has 0 spiro atoms. The average Bonchev–Trinajstić information content (AvgIpc) is 2.53. The predicted molar refractivity (Wildman–Crippen MR) is 93.3 cm³/mol. The minimum absolute atomic E-state index is 0.539. The molecule has 112 valence electrons. The van der Waals surface area contributed by atoms with Crippen LogP contribution in [0.25, 0.3) is 21.9 Å². The lowest BCUT2D eigenvalue weighted by Crippen LogP contribution is -2.09. The fourth-order valence-corrected chi connectivity index (χ4v) is 2.70. The quantitative estimate of drug-likeness (QED) is 0.735. The summed E-state index contributed by atoms with van der Waals surface area (Å²) in [5.74, 6) is 1.37. The van der Waals surface area contributed by atoms with Gasteiger partial charge in [-0.3, -0.25) is 4.98 Å². The summed E-state index contributed by atoms with van der Waals surface area (Å²) in [6, 6.07) is 9.91. The zero-order valence-corrected chi connectivity index (χ0v) is 13.4. The van der Waals surface area contributed by atoms with Gasteiger partial charge in [0, 0.05) is 41.6 Å². The van der Waals surface area contributed by atoms with E-state index in [0.717, 1.165) is 34.3 Å². The number of aromatic nitrogens is 2. The molecule has 2 heterocycles. The molecule has 0 amide bonds. The van der Waals surface area contributed by atoms with E-state index in [9.17, 15) is 0 Å². The summed E-state index contributed by atoms with van der Waals surface area (Å²) in [4.78, 5) is 8.79. The third-order valence-electron chi connectivity index (χ3n) is 3.51. The third kappa shape index (κ3) is 2.90. The highest BCUT2D eigenvalue weighted by atomic mass is 35.5. The Bertz CT molecular complexity index is 785. The van der Waals surface area contributed by atoms with Crippen LogP contribution >= 0.6 is 11.6 Å². The second-order valence-corrected chi connectivity index (χ2v) is 6.11. The zero-order chi connectivity index (χ0) is 15.5. The number of pyridine rings is 2. The number of halogens is 1. The molecule has 2 aromatic heterocycles. The van der Waals surface area contributed by atoms with Crippen molar-refractivity contribution < 1.29 is 0 Å². The first-order chi connectivity index (χ1) is 10.7. The lowest BCUT2D eigenvalue weighted by molar-refractivity contribution is 0.687. The summed E-state index contributed by atoms with van der Waals surface area (Å²) in [5.41, 5.74) is 2.08. The molecular weight excluding hydrogens is 294 g/mol. The number of fused-ring (bicyclic) bond motifs is 1. The molecular formula is C18H18ClN3. The van der Waals surface area contributed by atoms with Crippen molar-refractivity contribution in [1.82, 2.24) is 9.97 Å². The van der Waals surface area contributed by atoms with Gasteiger partial charge in [0.25, 0.3) is 0 Å². The third-order valence-corrected chi connectivity index (χ3v) is 3.83. The standard InChI is InChI=1S/C18H18ClN3/c1-12(2)9-21-18-17-14(6-3-7-16(17)19)15(11-22-18)13-5-4-8-20-10-13/h3-8,10-12H,9H2,1-2H3,(H,21,22). The van der Waals surface area contributed by atoms with Crippen LogP contribution in [0, 0.1) is 5.92 Å². The molecule has 0 saturated heterocycles. The van der Waals surface area contributed by atoms with Gasteiger partial charge in [-0.2, -0.15) is 0 Å². The molecule has 0 bridgehead atoms. The second kappa shape index (κ2) is 6.32. The van der Waals surface area contributed by atoms with E-state index in [1.807, 2.05) is 36.7 Å². The van der Waals surface area contributed by atoms with Gasteiger partial charge in [0.05, 0.1) is 5.02 Å². The van der Waals surface area contributed by atoms with Crippen molar-refractivity contribution in [3.63, 3.8) is 0 Å². The van der Waals surface area contributed by atoms with Crippen molar-refractivity contribution in [2.45, 2.75) is 13.8 Å². The van der Waals surface area contributed by atoms with Gasteiger partial charge < -0.3 is 5.32 Å². The lowest BCUT2D eigenvalue weighted by Gasteiger charge is -2.14. The summed E-state index contributed by atoms with van der Waals surface area (Å²) in [6.45, 7) is 5.20. The van der Waals surface area contributed by atoms with E-state index in [2.05, 4.69) is 35.2 Å². The first-order valence-electron chi connectivity index (χ1n) is 7.38. The van der Waals surface area contributed by atoms with E-state index in [1.165, 1.54) is 0 Å². The number of nitrogens with one attached hydrogen (secondary N) is 1. The van der Waals surface area contributed by atoms with Gasteiger partial charge in [-0.25, -0.2) is 4.98 Å². The van der Waals surface area contributed by atoms with Gasteiger partial charge in [0.15, 0.2) is 0 Å². The van der Waals surface area contributed by atoms with E-state index < -0.39 is 0 Å². The Morgan fingerprint density at radius 3 is 2.73 bits per heavy atom. The Hall–Kier alpha value is -2.13. The van der Waals surface area contributed by atoms with E-state index in [-0.39, 0.29) is 0 Å². The van der Waals surface area contributed by atoms with E-state index in [1.54, 1.807) is 6.20 Å². The fraction of sp³-hybridized carbons (Fsp3) is 0.222. The van der Waals surface area contributed by atoms with Crippen LogP contribution in [0.5, 0.6) is 0 Å². The van der Waals surface area contributed by atoms with Crippen molar-refractivity contribution in [1.29, 1.82) is 0 Å². The van der Waals surface area contributed by atoms with Crippen LogP contribution < -0.4 is 5.32 Å². The number of hydrogen-bond donors (Lipinski definition) is 1. The van der Waals surface area contributed by atoms with Crippen LogP contribution in [0.1, 0.15) is 13.8 Å². The SMILES string of the molecule is CC(C)CNc1ncc(-c2cccnc2)c2cccc(Cl)c12. The molecule has 3 rings (SSSR count). The molecule has 0 aliphatic carbocycles. The number of nitrogens with zero attached hydrogens (tertiary/aromatic N) is 2. The number of rotatable bonds is 4. The summed E-state index contributed by atoms with van der Waals surface area (Å²) in [7, 11) is 0. The van der Waals surface area contributed by atoms with Crippen molar-refractivity contribution in [2.24, 2.45) is 5.92 Å². The topological polar surface area (TPSA) is 37.8 Å². The first kappa shape index (κ1) is 14.8. The Balaban J connectivity index is 2.18. The van der Waals surface area contributed by atoms with Gasteiger partial charge in [0.1, 0.15) is 5.82 Å². The monoisotopic (exact) mass is 311 g/mol. The molecule has 0 unspecified atom stereocenters. The average molecular weight is 312 g/mol. The number of hydrogen-bond acceptors (Lipinski definition) is 3. The molecule has 0 aliphatic rings. The molecule has 0 saturated carbocycles. The largest absolute Gasteiger partial charge is 0.369 e. The summed E-state index contributed by atoms with van der Waals surface area (Å²) in [5, 5.41) is 6.15. The van der Waals surface area contributed by atoms with Crippen molar-refractivity contribution >= 4 is 28.2 Å². The molecule has 22 heavy (non-hydrogen) atoms. The van der Waals surface area contributed by atoms with E-state index in [0.29, 0.717) is 10.9 Å². The maximum atomic E-state index is 6.44. The summed E-state index contributed by atoms with van der Waals surface area (Å²) >= 11 is 6.44. The molecule has 3 nitrogen and oxygen atoms in total. The molecule has 4 heteroatoms. The highest BCUT2D eigenvalue weighted by Crippen LogP contribution is 2.35. The Morgan fingerprint density at radius 2 is 2.00 bits per heavy atom. The Morgan fingerprint density at radius 1 is 1.14 bits per heavy atom. The van der Waals surface area contributed by atoms with E-state index >= 15 is 0 Å². The van der Waals surface area contributed by atoms with Gasteiger partial charge in [-0.15, -0.1) is 0 Å².